The Morgan fingerprint density at radius 2 is 2.18 bits per heavy atom. The van der Waals surface area contributed by atoms with Gasteiger partial charge in [-0.25, -0.2) is 9.78 Å². The molecule has 2 aromatic rings. The lowest BCUT2D eigenvalue weighted by Crippen LogP contribution is -2.09. The number of pyridine rings is 1. The molecule has 2 heterocycles. The Balaban J connectivity index is 2.60. The summed E-state index contributed by atoms with van der Waals surface area (Å²) in [5, 5.41) is 0. The number of fused-ring (bicyclic) bond motifs is 1. The average molecular weight is 232 g/mol. The Morgan fingerprint density at radius 3 is 2.82 bits per heavy atom. The summed E-state index contributed by atoms with van der Waals surface area (Å²) in [6, 6.07) is 3.95. The zero-order valence-electron chi connectivity index (χ0n) is 10.4. The van der Waals surface area contributed by atoms with Gasteiger partial charge in [0.25, 0.3) is 0 Å². The maximum Gasteiger partial charge on any atom is 0.357 e. The molecule has 0 aromatic carbocycles. The van der Waals surface area contributed by atoms with Crippen molar-refractivity contribution in [2.45, 2.75) is 27.2 Å². The first kappa shape index (κ1) is 11.6. The van der Waals surface area contributed by atoms with Gasteiger partial charge in [0.05, 0.1) is 12.3 Å². The number of imidazole rings is 1. The molecule has 0 fully saturated rings. The van der Waals surface area contributed by atoms with Crippen LogP contribution in [0.2, 0.25) is 0 Å². The van der Waals surface area contributed by atoms with Gasteiger partial charge >= 0.3 is 5.97 Å². The smallest absolute Gasteiger partial charge is 0.357 e. The summed E-state index contributed by atoms with van der Waals surface area (Å²) in [6.45, 7) is 6.08. The number of rotatable bonds is 3. The van der Waals surface area contributed by atoms with E-state index in [-0.39, 0.29) is 5.97 Å². The van der Waals surface area contributed by atoms with E-state index in [1.165, 1.54) is 5.56 Å². The fourth-order valence-electron chi connectivity index (χ4n) is 1.86. The molecule has 2 rings (SSSR count). The second-order valence-electron chi connectivity index (χ2n) is 3.89. The summed E-state index contributed by atoms with van der Waals surface area (Å²) in [4.78, 5) is 16.2. The first-order valence-electron chi connectivity index (χ1n) is 5.82. The number of aromatic nitrogens is 2. The second-order valence-corrected chi connectivity index (χ2v) is 3.89. The number of carbonyl (C=O) groups is 1. The summed E-state index contributed by atoms with van der Waals surface area (Å²) in [6.07, 6.45) is 2.87. The maximum absolute atomic E-state index is 11.9. The van der Waals surface area contributed by atoms with E-state index in [1.807, 2.05) is 29.7 Å². The molecule has 0 radical (unpaired) electrons. The SMILES string of the molecule is CCOC(=O)c1c(C)nc2ccc(CC)cn12. The van der Waals surface area contributed by atoms with E-state index in [0.29, 0.717) is 18.0 Å². The quantitative estimate of drug-likeness (QED) is 0.763. The topological polar surface area (TPSA) is 43.6 Å². The van der Waals surface area contributed by atoms with E-state index in [1.54, 1.807) is 6.92 Å². The normalized spacial score (nSPS) is 10.8. The number of nitrogens with zero attached hydrogens (tertiary/aromatic N) is 2. The highest BCUT2D eigenvalue weighted by Crippen LogP contribution is 2.15. The molecule has 0 aliphatic carbocycles. The Bertz CT molecular complexity index is 558. The van der Waals surface area contributed by atoms with Crippen LogP contribution >= 0.6 is 0 Å². The highest BCUT2D eigenvalue weighted by atomic mass is 16.5. The van der Waals surface area contributed by atoms with Crippen molar-refractivity contribution < 1.29 is 9.53 Å². The van der Waals surface area contributed by atoms with Crippen molar-refractivity contribution in [1.29, 1.82) is 0 Å². The van der Waals surface area contributed by atoms with E-state index < -0.39 is 0 Å². The summed E-state index contributed by atoms with van der Waals surface area (Å²) in [5.41, 5.74) is 3.18. The average Bonchev–Trinajstić information content (AvgIpc) is 2.64. The predicted octanol–water partition coefficient (Wildman–Crippen LogP) is 2.38. The summed E-state index contributed by atoms with van der Waals surface area (Å²) >= 11 is 0. The minimum absolute atomic E-state index is 0.314. The number of hydrogen-bond donors (Lipinski definition) is 0. The van der Waals surface area contributed by atoms with Crippen LogP contribution in [0.25, 0.3) is 5.65 Å². The first-order valence-corrected chi connectivity index (χ1v) is 5.82. The van der Waals surface area contributed by atoms with Gasteiger partial charge in [-0.1, -0.05) is 13.0 Å². The monoisotopic (exact) mass is 232 g/mol. The molecule has 0 spiro atoms. The largest absolute Gasteiger partial charge is 0.461 e. The molecule has 0 aliphatic rings. The lowest BCUT2D eigenvalue weighted by molar-refractivity contribution is 0.0517. The van der Waals surface area contributed by atoms with Gasteiger partial charge in [-0.05, 0) is 31.9 Å². The molecule has 4 heteroatoms. The van der Waals surface area contributed by atoms with Crippen molar-refractivity contribution in [2.24, 2.45) is 0 Å². The molecule has 0 saturated heterocycles. The molecular weight excluding hydrogens is 216 g/mol. The first-order chi connectivity index (χ1) is 8.17. The number of aryl methyl sites for hydroxylation is 2. The molecule has 17 heavy (non-hydrogen) atoms. The fraction of sp³-hybridized carbons (Fsp3) is 0.385. The van der Waals surface area contributed by atoms with Gasteiger partial charge in [0.2, 0.25) is 0 Å². The van der Waals surface area contributed by atoms with Crippen LogP contribution in [0.4, 0.5) is 0 Å². The zero-order chi connectivity index (χ0) is 12.4. The number of hydrogen-bond acceptors (Lipinski definition) is 3. The lowest BCUT2D eigenvalue weighted by Gasteiger charge is -2.04. The molecule has 2 aromatic heterocycles. The molecule has 0 bridgehead atoms. The van der Waals surface area contributed by atoms with Crippen LogP contribution in [-0.2, 0) is 11.2 Å². The molecule has 0 amide bonds. The highest BCUT2D eigenvalue weighted by molar-refractivity contribution is 5.90. The van der Waals surface area contributed by atoms with Gasteiger partial charge < -0.3 is 4.74 Å². The molecule has 0 aliphatic heterocycles. The van der Waals surface area contributed by atoms with Crippen molar-refractivity contribution in [3.63, 3.8) is 0 Å². The molecule has 0 saturated carbocycles. The Kier molecular flexibility index (Phi) is 3.13. The zero-order valence-corrected chi connectivity index (χ0v) is 10.4. The third kappa shape index (κ3) is 2.02. The molecule has 0 atom stereocenters. The minimum Gasteiger partial charge on any atom is -0.461 e. The number of esters is 1. The Hall–Kier alpha value is -1.84. The lowest BCUT2D eigenvalue weighted by atomic mass is 10.2. The van der Waals surface area contributed by atoms with Crippen molar-refractivity contribution in [2.75, 3.05) is 6.61 Å². The molecule has 0 unspecified atom stereocenters. The van der Waals surface area contributed by atoms with Crippen LogP contribution in [0.1, 0.15) is 35.6 Å². The summed E-state index contributed by atoms with van der Waals surface area (Å²) in [7, 11) is 0. The van der Waals surface area contributed by atoms with Gasteiger partial charge in [0, 0.05) is 6.20 Å². The van der Waals surface area contributed by atoms with E-state index in [9.17, 15) is 4.79 Å². The van der Waals surface area contributed by atoms with E-state index in [4.69, 9.17) is 4.74 Å². The van der Waals surface area contributed by atoms with E-state index >= 15 is 0 Å². The van der Waals surface area contributed by atoms with Crippen molar-refractivity contribution in [3.05, 3.63) is 35.3 Å². The van der Waals surface area contributed by atoms with Gasteiger partial charge in [0.15, 0.2) is 5.69 Å². The van der Waals surface area contributed by atoms with Crippen LogP contribution in [0, 0.1) is 6.92 Å². The second kappa shape index (κ2) is 4.57. The van der Waals surface area contributed by atoms with Crippen LogP contribution in [0.5, 0.6) is 0 Å². The van der Waals surface area contributed by atoms with Crippen LogP contribution < -0.4 is 0 Å². The summed E-state index contributed by atoms with van der Waals surface area (Å²) < 4.78 is 6.86. The third-order valence-corrected chi connectivity index (χ3v) is 2.73. The van der Waals surface area contributed by atoms with Crippen molar-refractivity contribution in [1.82, 2.24) is 9.38 Å². The standard InChI is InChI=1S/C13H16N2O2/c1-4-10-6-7-11-14-9(3)12(15(11)8-10)13(16)17-5-2/h6-8H,4-5H2,1-3H3. The van der Waals surface area contributed by atoms with Crippen LogP contribution in [0.15, 0.2) is 18.3 Å². The van der Waals surface area contributed by atoms with Crippen molar-refractivity contribution in [3.8, 4) is 0 Å². The maximum atomic E-state index is 11.9. The van der Waals surface area contributed by atoms with E-state index in [2.05, 4.69) is 11.9 Å². The van der Waals surface area contributed by atoms with Gasteiger partial charge in [-0.2, -0.15) is 0 Å². The molecule has 4 nitrogen and oxygen atoms in total. The van der Waals surface area contributed by atoms with Gasteiger partial charge in [0.1, 0.15) is 5.65 Å². The van der Waals surface area contributed by atoms with Crippen molar-refractivity contribution >= 4 is 11.6 Å². The predicted molar refractivity (Wildman–Crippen MR) is 65.3 cm³/mol. The fourth-order valence-corrected chi connectivity index (χ4v) is 1.86. The number of carbonyl (C=O) groups excluding carboxylic acids is 1. The Morgan fingerprint density at radius 1 is 1.41 bits per heavy atom. The highest BCUT2D eigenvalue weighted by Gasteiger charge is 2.17. The summed E-state index contributed by atoms with van der Waals surface area (Å²) in [5.74, 6) is -0.314. The minimum atomic E-state index is -0.314. The molecule has 0 N–H and O–H groups in total. The van der Waals surface area contributed by atoms with Gasteiger partial charge in [-0.15, -0.1) is 0 Å². The molecular formula is C13H16N2O2. The third-order valence-electron chi connectivity index (χ3n) is 2.73. The molecule has 90 valence electrons. The number of ether oxygens (including phenoxy) is 1. The van der Waals surface area contributed by atoms with Gasteiger partial charge in [-0.3, -0.25) is 4.40 Å². The van der Waals surface area contributed by atoms with E-state index in [0.717, 1.165) is 12.1 Å². The van der Waals surface area contributed by atoms with Crippen LogP contribution in [-0.4, -0.2) is 22.0 Å². The van der Waals surface area contributed by atoms with Crippen LogP contribution in [0.3, 0.4) is 0 Å². The Labute approximate surface area is 100 Å².